The van der Waals surface area contributed by atoms with Crippen LogP contribution in [-0.4, -0.2) is 36.5 Å². The summed E-state index contributed by atoms with van der Waals surface area (Å²) in [4.78, 5) is 30.5. The van der Waals surface area contributed by atoms with Gasteiger partial charge in [-0.3, -0.25) is 14.5 Å². The Hall–Kier alpha value is -4.06. The number of ketones is 1. The summed E-state index contributed by atoms with van der Waals surface area (Å²) < 4.78 is 5.49. The number of aryl methyl sites for hydroxylation is 1. The Morgan fingerprint density at radius 2 is 1.61 bits per heavy atom. The molecule has 0 aromatic heterocycles. The highest BCUT2D eigenvalue weighted by atomic mass is 16.5. The molecule has 3 aromatic carbocycles. The predicted molar refractivity (Wildman–Crippen MR) is 144 cm³/mol. The van der Waals surface area contributed by atoms with Crippen LogP contribution in [0.25, 0.3) is 5.76 Å². The first kappa shape index (κ1) is 25.0. The van der Waals surface area contributed by atoms with Crippen LogP contribution in [0.4, 0.5) is 11.4 Å². The van der Waals surface area contributed by atoms with Crippen LogP contribution in [0.5, 0.6) is 5.75 Å². The maximum atomic E-state index is 13.4. The molecule has 1 unspecified atom stereocenters. The maximum Gasteiger partial charge on any atom is 0.300 e. The summed E-state index contributed by atoms with van der Waals surface area (Å²) in [5.41, 5.74) is 3.92. The lowest BCUT2D eigenvalue weighted by Gasteiger charge is -2.27. The van der Waals surface area contributed by atoms with Crippen LogP contribution in [0.2, 0.25) is 0 Å². The number of nitrogens with zero attached hydrogens (tertiary/aromatic N) is 2. The van der Waals surface area contributed by atoms with Gasteiger partial charge in [-0.2, -0.15) is 0 Å². The second kappa shape index (κ2) is 10.7. The van der Waals surface area contributed by atoms with Gasteiger partial charge < -0.3 is 14.7 Å². The summed E-state index contributed by atoms with van der Waals surface area (Å²) in [5.74, 6) is -0.909. The van der Waals surface area contributed by atoms with Crippen LogP contribution in [-0.2, 0) is 9.59 Å². The molecule has 1 atom stereocenters. The zero-order valence-corrected chi connectivity index (χ0v) is 21.2. The molecule has 1 aliphatic heterocycles. The largest absolute Gasteiger partial charge is 0.507 e. The Balaban J connectivity index is 1.84. The number of hydrogen-bond donors (Lipinski definition) is 1. The van der Waals surface area contributed by atoms with Crippen molar-refractivity contribution >= 4 is 28.8 Å². The summed E-state index contributed by atoms with van der Waals surface area (Å²) in [6.07, 6.45) is 0. The monoisotopic (exact) mass is 484 g/mol. The Bertz CT molecular complexity index is 1280. The standard InChI is InChI=1S/C30H32N2O4/c1-5-31(6-2)23-13-15-24(16-14-23)32-27(22-10-8-9-20(4)19-22)26(29(34)30(32)35)28(33)21-11-17-25(18-12-21)36-7-3/h8-19,27,33H,5-7H2,1-4H3/b28-26-. The fourth-order valence-electron chi connectivity index (χ4n) is 4.70. The van der Waals surface area contributed by atoms with E-state index in [0.717, 1.165) is 29.9 Å². The predicted octanol–water partition coefficient (Wildman–Crippen LogP) is 5.87. The average molecular weight is 485 g/mol. The molecular weight excluding hydrogens is 452 g/mol. The van der Waals surface area contributed by atoms with Gasteiger partial charge in [-0.15, -0.1) is 0 Å². The quantitative estimate of drug-likeness (QED) is 0.246. The minimum atomic E-state index is -0.754. The first-order chi connectivity index (χ1) is 17.4. The van der Waals surface area contributed by atoms with E-state index in [1.165, 1.54) is 4.90 Å². The van der Waals surface area contributed by atoms with Crippen LogP contribution in [0.3, 0.4) is 0 Å². The SMILES string of the molecule is CCOc1ccc(/C(O)=C2/C(=O)C(=O)N(c3ccc(N(CC)CC)cc3)C2c2cccc(C)c2)cc1. The molecule has 186 valence electrons. The molecule has 1 N–H and O–H groups in total. The first-order valence-corrected chi connectivity index (χ1v) is 12.3. The number of ether oxygens (including phenoxy) is 1. The normalized spacial score (nSPS) is 16.9. The number of Topliss-reactive ketones (excluding diaryl/α,β-unsaturated/α-hetero) is 1. The van der Waals surface area contributed by atoms with Gasteiger partial charge in [0.05, 0.1) is 18.2 Å². The molecule has 4 rings (SSSR count). The van der Waals surface area contributed by atoms with E-state index >= 15 is 0 Å². The number of anilines is 2. The van der Waals surface area contributed by atoms with Crippen LogP contribution in [0, 0.1) is 6.92 Å². The van der Waals surface area contributed by atoms with Crippen LogP contribution in [0.15, 0.2) is 78.4 Å². The fourth-order valence-corrected chi connectivity index (χ4v) is 4.70. The minimum absolute atomic E-state index is 0.0718. The second-order valence-corrected chi connectivity index (χ2v) is 8.73. The van der Waals surface area contributed by atoms with Crippen molar-refractivity contribution in [2.45, 2.75) is 33.7 Å². The van der Waals surface area contributed by atoms with E-state index in [4.69, 9.17) is 4.74 Å². The lowest BCUT2D eigenvalue weighted by atomic mass is 9.94. The van der Waals surface area contributed by atoms with E-state index in [9.17, 15) is 14.7 Å². The number of hydrogen-bond acceptors (Lipinski definition) is 5. The summed E-state index contributed by atoms with van der Waals surface area (Å²) in [6.45, 7) is 10.3. The van der Waals surface area contributed by atoms with Crippen molar-refractivity contribution < 1.29 is 19.4 Å². The van der Waals surface area contributed by atoms with E-state index in [2.05, 4.69) is 18.7 Å². The summed E-state index contributed by atoms with van der Waals surface area (Å²) >= 11 is 0. The molecule has 0 spiro atoms. The van der Waals surface area contributed by atoms with Gasteiger partial charge in [0.1, 0.15) is 11.5 Å². The van der Waals surface area contributed by atoms with E-state index in [1.54, 1.807) is 24.3 Å². The van der Waals surface area contributed by atoms with Gasteiger partial charge in [0, 0.05) is 30.0 Å². The molecule has 0 radical (unpaired) electrons. The molecule has 6 nitrogen and oxygen atoms in total. The number of benzene rings is 3. The topological polar surface area (TPSA) is 70.1 Å². The van der Waals surface area contributed by atoms with Gasteiger partial charge in [-0.05, 0) is 81.8 Å². The highest BCUT2D eigenvalue weighted by Gasteiger charge is 2.47. The van der Waals surface area contributed by atoms with Crippen molar-refractivity contribution in [1.29, 1.82) is 0 Å². The third kappa shape index (κ3) is 4.71. The number of aliphatic hydroxyl groups is 1. The number of aliphatic hydroxyl groups excluding tert-OH is 1. The lowest BCUT2D eigenvalue weighted by molar-refractivity contribution is -0.132. The van der Waals surface area contributed by atoms with Crippen molar-refractivity contribution in [1.82, 2.24) is 0 Å². The van der Waals surface area contributed by atoms with E-state index in [1.807, 2.05) is 62.4 Å². The first-order valence-electron chi connectivity index (χ1n) is 12.3. The van der Waals surface area contributed by atoms with E-state index in [-0.39, 0.29) is 11.3 Å². The Morgan fingerprint density at radius 1 is 0.944 bits per heavy atom. The van der Waals surface area contributed by atoms with Gasteiger partial charge in [-0.1, -0.05) is 29.8 Å². The molecule has 6 heteroatoms. The third-order valence-corrected chi connectivity index (χ3v) is 6.50. The summed E-state index contributed by atoms with van der Waals surface area (Å²) in [7, 11) is 0. The molecule has 0 aliphatic carbocycles. The zero-order chi connectivity index (χ0) is 25.8. The van der Waals surface area contributed by atoms with Crippen molar-refractivity contribution in [2.24, 2.45) is 0 Å². The van der Waals surface area contributed by atoms with Gasteiger partial charge in [-0.25, -0.2) is 0 Å². The third-order valence-electron chi connectivity index (χ3n) is 6.50. The number of rotatable bonds is 8. The Kier molecular flexibility index (Phi) is 7.44. The Morgan fingerprint density at radius 3 is 2.19 bits per heavy atom. The summed E-state index contributed by atoms with van der Waals surface area (Å²) in [5, 5.41) is 11.3. The smallest absolute Gasteiger partial charge is 0.300 e. The molecular formula is C30H32N2O4. The molecule has 1 fully saturated rings. The van der Waals surface area contributed by atoms with E-state index in [0.29, 0.717) is 23.6 Å². The van der Waals surface area contributed by atoms with Crippen LogP contribution in [0.1, 0.15) is 43.5 Å². The van der Waals surface area contributed by atoms with Gasteiger partial charge in [0.2, 0.25) is 0 Å². The number of amides is 1. The Labute approximate surface area is 212 Å². The highest BCUT2D eigenvalue weighted by Crippen LogP contribution is 2.42. The molecule has 0 saturated carbocycles. The maximum absolute atomic E-state index is 13.4. The zero-order valence-electron chi connectivity index (χ0n) is 21.2. The fraction of sp³-hybridized carbons (Fsp3) is 0.267. The lowest BCUT2D eigenvalue weighted by Crippen LogP contribution is -2.29. The van der Waals surface area contributed by atoms with Crippen LogP contribution >= 0.6 is 0 Å². The minimum Gasteiger partial charge on any atom is -0.507 e. The molecule has 1 heterocycles. The molecule has 1 saturated heterocycles. The van der Waals surface area contributed by atoms with Gasteiger partial charge >= 0.3 is 0 Å². The van der Waals surface area contributed by atoms with E-state index < -0.39 is 17.7 Å². The van der Waals surface area contributed by atoms with Gasteiger partial charge in [0.15, 0.2) is 0 Å². The molecule has 1 aliphatic rings. The molecule has 0 bridgehead atoms. The molecule has 3 aromatic rings. The number of carbonyl (C=O) groups is 2. The second-order valence-electron chi connectivity index (χ2n) is 8.73. The molecule has 1 amide bonds. The summed E-state index contributed by atoms with van der Waals surface area (Å²) in [6, 6.07) is 21.4. The number of carbonyl (C=O) groups excluding carboxylic acids is 2. The highest BCUT2D eigenvalue weighted by molar-refractivity contribution is 6.51. The van der Waals surface area contributed by atoms with Crippen molar-refractivity contribution in [2.75, 3.05) is 29.5 Å². The van der Waals surface area contributed by atoms with Crippen molar-refractivity contribution in [3.05, 3.63) is 95.1 Å². The van der Waals surface area contributed by atoms with Crippen molar-refractivity contribution in [3.8, 4) is 5.75 Å². The average Bonchev–Trinajstić information content (AvgIpc) is 3.16. The van der Waals surface area contributed by atoms with Crippen LogP contribution < -0.4 is 14.5 Å². The molecule has 36 heavy (non-hydrogen) atoms. The van der Waals surface area contributed by atoms with Gasteiger partial charge in [0.25, 0.3) is 11.7 Å². The van der Waals surface area contributed by atoms with Crippen molar-refractivity contribution in [3.63, 3.8) is 0 Å².